The first-order valence-corrected chi connectivity index (χ1v) is 12.4. The lowest BCUT2D eigenvalue weighted by Gasteiger charge is -2.16. The molecule has 0 bridgehead atoms. The van der Waals surface area contributed by atoms with Crippen LogP contribution in [0.25, 0.3) is 6.08 Å². The fourth-order valence-electron chi connectivity index (χ4n) is 3.64. The van der Waals surface area contributed by atoms with Crippen LogP contribution in [-0.4, -0.2) is 35.0 Å². The summed E-state index contributed by atoms with van der Waals surface area (Å²) in [4.78, 5) is 33.8. The average Bonchev–Trinajstić information content (AvgIpc) is 3.68. The molecule has 1 amide bonds. The maximum Gasteiger partial charge on any atom is 0.328 e. The van der Waals surface area contributed by atoms with E-state index >= 15 is 0 Å². The van der Waals surface area contributed by atoms with Crippen molar-refractivity contribution in [1.82, 2.24) is 15.3 Å². The van der Waals surface area contributed by atoms with Crippen molar-refractivity contribution in [2.45, 2.75) is 31.7 Å². The third kappa shape index (κ3) is 7.06. The molecule has 1 fully saturated rings. The monoisotopic (exact) mass is 524 g/mol. The molecular formula is C27H26Cl2N4O3. The number of carbonyl (C=O) groups is 2. The fraction of sp³-hybridized carbons (Fsp3) is 0.259. The molecule has 1 saturated carbocycles. The smallest absolute Gasteiger partial charge is 0.328 e. The highest BCUT2D eigenvalue weighted by Crippen LogP contribution is 2.32. The molecule has 0 aliphatic heterocycles. The van der Waals surface area contributed by atoms with Gasteiger partial charge in [0.2, 0.25) is 5.95 Å². The van der Waals surface area contributed by atoms with Gasteiger partial charge in [0.25, 0.3) is 5.91 Å². The van der Waals surface area contributed by atoms with Gasteiger partial charge in [0, 0.05) is 17.6 Å². The molecule has 1 aliphatic rings. The second kappa shape index (κ2) is 12.0. The van der Waals surface area contributed by atoms with E-state index in [1.807, 2.05) is 36.4 Å². The molecule has 1 atom stereocenters. The summed E-state index contributed by atoms with van der Waals surface area (Å²) in [6.45, 7) is 0. The van der Waals surface area contributed by atoms with Gasteiger partial charge in [-0.2, -0.15) is 0 Å². The number of aromatic nitrogens is 2. The number of hydrogen-bond acceptors (Lipinski definition) is 6. The Morgan fingerprint density at radius 1 is 1.11 bits per heavy atom. The van der Waals surface area contributed by atoms with E-state index in [2.05, 4.69) is 20.6 Å². The molecule has 36 heavy (non-hydrogen) atoms. The minimum atomic E-state index is -0.896. The number of amides is 1. The molecule has 3 aromatic rings. The number of carbonyl (C=O) groups excluding carboxylic acids is 2. The molecule has 0 spiro atoms. The van der Waals surface area contributed by atoms with Crippen LogP contribution in [0.2, 0.25) is 10.0 Å². The van der Waals surface area contributed by atoms with Gasteiger partial charge in [-0.3, -0.25) is 4.79 Å². The Kier molecular flexibility index (Phi) is 8.57. The Balaban J connectivity index is 1.35. The highest BCUT2D eigenvalue weighted by molar-refractivity contribution is 6.39. The Bertz CT molecular complexity index is 1240. The zero-order valence-electron chi connectivity index (χ0n) is 19.7. The third-order valence-electron chi connectivity index (χ3n) is 5.74. The van der Waals surface area contributed by atoms with Crippen LogP contribution in [0.5, 0.6) is 0 Å². The number of anilines is 2. The lowest BCUT2D eigenvalue weighted by Crippen LogP contribution is -2.41. The van der Waals surface area contributed by atoms with Crippen LogP contribution < -0.4 is 10.6 Å². The molecule has 0 saturated heterocycles. The molecule has 9 heteroatoms. The SMILES string of the molecule is COC(=O)C(CC=Cc1ccc(Nc2nccc(CC3CC3)n2)cc1)NC(=O)c1c(Cl)cccc1Cl. The lowest BCUT2D eigenvalue weighted by molar-refractivity contribution is -0.142. The van der Waals surface area contributed by atoms with Crippen LogP contribution in [0.3, 0.4) is 0 Å². The normalized spacial score (nSPS) is 13.9. The summed E-state index contributed by atoms with van der Waals surface area (Å²) >= 11 is 12.2. The molecule has 2 aromatic carbocycles. The van der Waals surface area contributed by atoms with Crippen molar-refractivity contribution < 1.29 is 14.3 Å². The molecular weight excluding hydrogens is 499 g/mol. The molecule has 1 aliphatic carbocycles. The topological polar surface area (TPSA) is 93.2 Å². The maximum atomic E-state index is 12.7. The first-order valence-electron chi connectivity index (χ1n) is 11.6. The van der Waals surface area contributed by atoms with Gasteiger partial charge in [-0.15, -0.1) is 0 Å². The number of ether oxygens (including phenoxy) is 1. The molecule has 1 aromatic heterocycles. The highest BCUT2D eigenvalue weighted by Gasteiger charge is 2.24. The van der Waals surface area contributed by atoms with E-state index in [9.17, 15) is 9.59 Å². The summed E-state index contributed by atoms with van der Waals surface area (Å²) < 4.78 is 4.84. The van der Waals surface area contributed by atoms with Gasteiger partial charge >= 0.3 is 5.97 Å². The second-order valence-corrected chi connectivity index (χ2v) is 9.36. The van der Waals surface area contributed by atoms with Crippen LogP contribution in [0, 0.1) is 5.92 Å². The number of rotatable bonds is 10. The summed E-state index contributed by atoms with van der Waals surface area (Å²) in [5.41, 5.74) is 2.96. The van der Waals surface area contributed by atoms with E-state index in [1.165, 1.54) is 20.0 Å². The summed E-state index contributed by atoms with van der Waals surface area (Å²) in [7, 11) is 1.27. The fourth-order valence-corrected chi connectivity index (χ4v) is 4.21. The summed E-state index contributed by atoms with van der Waals surface area (Å²) in [6, 6.07) is 13.5. The van der Waals surface area contributed by atoms with Crippen LogP contribution in [0.1, 0.15) is 40.9 Å². The predicted molar refractivity (Wildman–Crippen MR) is 142 cm³/mol. The summed E-state index contributed by atoms with van der Waals surface area (Å²) in [5, 5.41) is 6.29. The number of esters is 1. The third-order valence-corrected chi connectivity index (χ3v) is 6.37. The van der Waals surface area contributed by atoms with Crippen molar-refractivity contribution in [2.75, 3.05) is 12.4 Å². The number of benzene rings is 2. The van der Waals surface area contributed by atoms with Crippen molar-refractivity contribution in [3.8, 4) is 0 Å². The summed E-state index contributed by atoms with van der Waals surface area (Å²) in [5.74, 6) is 0.222. The zero-order valence-corrected chi connectivity index (χ0v) is 21.2. The first kappa shape index (κ1) is 25.7. The van der Waals surface area contributed by atoms with E-state index < -0.39 is 17.9 Å². The van der Waals surface area contributed by atoms with E-state index in [0.717, 1.165) is 29.3 Å². The zero-order chi connectivity index (χ0) is 25.5. The molecule has 4 rings (SSSR count). The van der Waals surface area contributed by atoms with Gasteiger partial charge in [-0.05, 0) is 67.5 Å². The number of nitrogens with zero attached hydrogens (tertiary/aromatic N) is 2. The Morgan fingerprint density at radius 2 is 1.83 bits per heavy atom. The largest absolute Gasteiger partial charge is 0.467 e. The van der Waals surface area contributed by atoms with E-state index in [0.29, 0.717) is 5.95 Å². The molecule has 1 heterocycles. The standard InChI is InChI=1S/C27H26Cl2N4O3/c1-36-26(35)23(33-25(34)24-21(28)5-3-6-22(24)29)7-2-4-17-10-12-19(13-11-17)31-27-30-15-14-20(32-27)16-18-8-9-18/h2-6,10-15,18,23H,7-9,16H2,1H3,(H,33,34)(H,30,31,32). The number of nitrogens with one attached hydrogen (secondary N) is 2. The van der Waals surface area contributed by atoms with Crippen LogP contribution >= 0.6 is 23.2 Å². The lowest BCUT2D eigenvalue weighted by atomic mass is 10.1. The Labute approximate surface area is 219 Å². The van der Waals surface area contributed by atoms with Crippen molar-refractivity contribution in [3.63, 3.8) is 0 Å². The highest BCUT2D eigenvalue weighted by atomic mass is 35.5. The van der Waals surface area contributed by atoms with Crippen molar-refractivity contribution >= 4 is 52.8 Å². The van der Waals surface area contributed by atoms with Crippen molar-refractivity contribution in [3.05, 3.63) is 87.7 Å². The average molecular weight is 525 g/mol. The van der Waals surface area contributed by atoms with E-state index in [-0.39, 0.29) is 22.0 Å². The number of halogens is 2. The van der Waals surface area contributed by atoms with Gasteiger partial charge in [-0.25, -0.2) is 14.8 Å². The van der Waals surface area contributed by atoms with Gasteiger partial charge in [0.05, 0.1) is 22.7 Å². The van der Waals surface area contributed by atoms with Crippen LogP contribution in [0.4, 0.5) is 11.6 Å². The molecule has 7 nitrogen and oxygen atoms in total. The number of hydrogen-bond donors (Lipinski definition) is 2. The van der Waals surface area contributed by atoms with Gasteiger partial charge < -0.3 is 15.4 Å². The minimum absolute atomic E-state index is 0.115. The van der Waals surface area contributed by atoms with E-state index in [1.54, 1.807) is 30.5 Å². The Morgan fingerprint density at radius 3 is 2.50 bits per heavy atom. The van der Waals surface area contributed by atoms with Crippen molar-refractivity contribution in [2.24, 2.45) is 5.92 Å². The Hall–Kier alpha value is -3.42. The predicted octanol–water partition coefficient (Wildman–Crippen LogP) is 5.85. The molecule has 186 valence electrons. The van der Waals surface area contributed by atoms with Gasteiger partial charge in [0.15, 0.2) is 0 Å². The van der Waals surface area contributed by atoms with Gasteiger partial charge in [0.1, 0.15) is 6.04 Å². The van der Waals surface area contributed by atoms with Crippen LogP contribution in [0.15, 0.2) is 60.8 Å². The number of methoxy groups -OCH3 is 1. The minimum Gasteiger partial charge on any atom is -0.467 e. The van der Waals surface area contributed by atoms with Crippen LogP contribution in [-0.2, 0) is 16.0 Å². The second-order valence-electron chi connectivity index (χ2n) is 8.55. The van der Waals surface area contributed by atoms with E-state index in [4.69, 9.17) is 27.9 Å². The molecule has 2 N–H and O–H groups in total. The van der Waals surface area contributed by atoms with Crippen molar-refractivity contribution in [1.29, 1.82) is 0 Å². The van der Waals surface area contributed by atoms with Gasteiger partial charge in [-0.1, -0.05) is 53.6 Å². The maximum absolute atomic E-state index is 12.7. The quantitative estimate of drug-likeness (QED) is 0.323. The first-order chi connectivity index (χ1) is 17.4. The molecule has 1 unspecified atom stereocenters. The molecule has 0 radical (unpaired) electrons. The summed E-state index contributed by atoms with van der Waals surface area (Å²) in [6.07, 6.45) is 9.22.